The van der Waals surface area contributed by atoms with Gasteiger partial charge in [-0.25, -0.2) is 4.98 Å². The summed E-state index contributed by atoms with van der Waals surface area (Å²) in [5.41, 5.74) is 2.58. The van der Waals surface area contributed by atoms with Crippen molar-refractivity contribution in [1.29, 1.82) is 0 Å². The summed E-state index contributed by atoms with van der Waals surface area (Å²) in [4.78, 5) is 35.3. The SMILES string of the molecule is Cc1cccnc1[C@@H](NC(=O)c1sc2ncn(C)c(=O)c2c1C)C1CC1. The summed E-state index contributed by atoms with van der Waals surface area (Å²) in [5.74, 6) is 0.266. The maximum absolute atomic E-state index is 13.0. The number of thiophene rings is 1. The molecule has 0 bridgehead atoms. The quantitative estimate of drug-likeness (QED) is 0.768. The lowest BCUT2D eigenvalue weighted by Gasteiger charge is -2.19. The molecule has 6 nitrogen and oxygen atoms in total. The van der Waals surface area contributed by atoms with Gasteiger partial charge < -0.3 is 9.88 Å². The molecule has 1 saturated carbocycles. The number of hydrogen-bond donors (Lipinski definition) is 1. The molecule has 4 rings (SSSR count). The Kier molecular flexibility index (Phi) is 4.11. The molecule has 1 atom stereocenters. The Morgan fingerprint density at radius 3 is 2.81 bits per heavy atom. The van der Waals surface area contributed by atoms with Crippen molar-refractivity contribution in [3.63, 3.8) is 0 Å². The van der Waals surface area contributed by atoms with Crippen LogP contribution >= 0.6 is 11.3 Å². The lowest BCUT2D eigenvalue weighted by Crippen LogP contribution is -2.31. The highest BCUT2D eigenvalue weighted by Gasteiger charge is 2.35. The molecule has 3 aromatic rings. The number of carbonyl (C=O) groups is 1. The molecule has 0 radical (unpaired) electrons. The third-order valence-corrected chi connectivity index (χ3v) is 6.14. The van der Waals surface area contributed by atoms with Gasteiger partial charge >= 0.3 is 0 Å². The third-order valence-electron chi connectivity index (χ3n) is 4.94. The van der Waals surface area contributed by atoms with Crippen LogP contribution in [0.4, 0.5) is 0 Å². The number of pyridine rings is 1. The Hall–Kier alpha value is -2.54. The molecular weight excluding hydrogens is 348 g/mol. The Balaban J connectivity index is 1.71. The number of aromatic nitrogens is 3. The third kappa shape index (κ3) is 2.82. The number of carbonyl (C=O) groups excluding carboxylic acids is 1. The first kappa shape index (κ1) is 16.9. The smallest absolute Gasteiger partial charge is 0.262 e. The number of nitrogens with zero attached hydrogens (tertiary/aromatic N) is 3. The standard InChI is InChI=1S/C19H20N4O2S/c1-10-5-4-8-20-14(10)15(12-6-7-12)22-17(24)16-11(2)13-18(26-16)21-9-23(3)19(13)25/h4-5,8-9,12,15H,6-7H2,1-3H3,(H,22,24)/t15-/m0/s1. The van der Waals surface area contributed by atoms with E-state index >= 15 is 0 Å². The first-order chi connectivity index (χ1) is 12.5. The molecule has 0 aliphatic heterocycles. The molecule has 1 amide bonds. The van der Waals surface area contributed by atoms with Crippen molar-refractivity contribution < 1.29 is 4.79 Å². The lowest BCUT2D eigenvalue weighted by molar-refractivity contribution is 0.0934. The van der Waals surface area contributed by atoms with Gasteiger partial charge in [0.05, 0.1) is 28.3 Å². The van der Waals surface area contributed by atoms with E-state index in [0.29, 0.717) is 26.6 Å². The summed E-state index contributed by atoms with van der Waals surface area (Å²) in [6.07, 6.45) is 5.44. The van der Waals surface area contributed by atoms with Crippen molar-refractivity contribution >= 4 is 27.5 Å². The van der Waals surface area contributed by atoms with Crippen LogP contribution in [0, 0.1) is 19.8 Å². The molecule has 0 spiro atoms. The monoisotopic (exact) mass is 368 g/mol. The van der Waals surface area contributed by atoms with Gasteiger partial charge in [0.1, 0.15) is 4.83 Å². The number of rotatable bonds is 4. The predicted octanol–water partition coefficient (Wildman–Crippen LogP) is 2.89. The molecule has 1 aliphatic carbocycles. The van der Waals surface area contributed by atoms with Crippen LogP contribution in [0.5, 0.6) is 0 Å². The Morgan fingerprint density at radius 2 is 2.12 bits per heavy atom. The zero-order valence-electron chi connectivity index (χ0n) is 14.9. The number of amides is 1. The maximum Gasteiger partial charge on any atom is 0.262 e. The molecule has 26 heavy (non-hydrogen) atoms. The van der Waals surface area contributed by atoms with Gasteiger partial charge in [0.25, 0.3) is 11.5 Å². The van der Waals surface area contributed by atoms with Gasteiger partial charge in [-0.3, -0.25) is 14.6 Å². The minimum atomic E-state index is -0.158. The van der Waals surface area contributed by atoms with Crippen LogP contribution in [0.2, 0.25) is 0 Å². The molecule has 7 heteroatoms. The highest BCUT2D eigenvalue weighted by molar-refractivity contribution is 7.20. The van der Waals surface area contributed by atoms with Gasteiger partial charge in [0.15, 0.2) is 0 Å². The van der Waals surface area contributed by atoms with Crippen molar-refractivity contribution in [1.82, 2.24) is 19.9 Å². The lowest BCUT2D eigenvalue weighted by atomic mass is 10.0. The van der Waals surface area contributed by atoms with Crippen LogP contribution in [0.25, 0.3) is 10.2 Å². The second kappa shape index (κ2) is 6.32. The van der Waals surface area contributed by atoms with Crippen LogP contribution in [-0.2, 0) is 7.05 Å². The molecule has 1 fully saturated rings. The summed E-state index contributed by atoms with van der Waals surface area (Å²) in [6.45, 7) is 3.83. The van der Waals surface area contributed by atoms with Gasteiger partial charge in [-0.2, -0.15) is 0 Å². The first-order valence-electron chi connectivity index (χ1n) is 8.64. The number of fused-ring (bicyclic) bond motifs is 1. The van der Waals surface area contributed by atoms with Gasteiger partial charge in [-0.1, -0.05) is 6.07 Å². The van der Waals surface area contributed by atoms with Gasteiger partial charge in [0, 0.05) is 13.2 Å². The minimum Gasteiger partial charge on any atom is -0.343 e. The molecule has 1 N–H and O–H groups in total. The molecule has 0 unspecified atom stereocenters. The molecule has 1 aliphatic rings. The zero-order chi connectivity index (χ0) is 18.4. The molecule has 3 heterocycles. The van der Waals surface area contributed by atoms with Crippen molar-refractivity contribution in [3.8, 4) is 0 Å². The van der Waals surface area contributed by atoms with Crippen molar-refractivity contribution in [2.24, 2.45) is 13.0 Å². The summed E-state index contributed by atoms with van der Waals surface area (Å²) < 4.78 is 1.44. The van der Waals surface area contributed by atoms with Crippen LogP contribution in [0.15, 0.2) is 29.5 Å². The summed E-state index contributed by atoms with van der Waals surface area (Å²) in [5, 5.41) is 3.69. The second-order valence-corrected chi connectivity index (χ2v) is 7.89. The summed E-state index contributed by atoms with van der Waals surface area (Å²) in [7, 11) is 1.67. The Bertz CT molecular complexity index is 1070. The van der Waals surface area contributed by atoms with Crippen molar-refractivity contribution in [3.05, 3.63) is 56.7 Å². The van der Waals surface area contributed by atoms with Crippen LogP contribution < -0.4 is 10.9 Å². The van der Waals surface area contributed by atoms with E-state index in [1.54, 1.807) is 13.2 Å². The fourth-order valence-electron chi connectivity index (χ4n) is 3.29. The topological polar surface area (TPSA) is 76.9 Å². The van der Waals surface area contributed by atoms with E-state index in [2.05, 4.69) is 15.3 Å². The molecule has 134 valence electrons. The van der Waals surface area contributed by atoms with E-state index in [1.807, 2.05) is 26.0 Å². The van der Waals surface area contributed by atoms with Crippen LogP contribution in [0.3, 0.4) is 0 Å². The van der Waals surface area contributed by atoms with E-state index in [-0.39, 0.29) is 17.5 Å². The van der Waals surface area contributed by atoms with Crippen molar-refractivity contribution in [2.45, 2.75) is 32.7 Å². The summed E-state index contributed by atoms with van der Waals surface area (Å²) in [6, 6.07) is 3.83. The van der Waals surface area contributed by atoms with Crippen LogP contribution in [-0.4, -0.2) is 20.4 Å². The Morgan fingerprint density at radius 1 is 1.35 bits per heavy atom. The first-order valence-corrected chi connectivity index (χ1v) is 9.46. The maximum atomic E-state index is 13.0. The van der Waals surface area contributed by atoms with Gasteiger partial charge in [-0.15, -0.1) is 11.3 Å². The van der Waals surface area contributed by atoms with E-state index < -0.39 is 0 Å². The minimum absolute atomic E-state index is 0.0934. The number of hydrogen-bond acceptors (Lipinski definition) is 5. The summed E-state index contributed by atoms with van der Waals surface area (Å²) >= 11 is 1.27. The normalized spacial score (nSPS) is 15.2. The van der Waals surface area contributed by atoms with Gasteiger partial charge in [0.2, 0.25) is 0 Å². The van der Waals surface area contributed by atoms with E-state index in [9.17, 15) is 9.59 Å². The zero-order valence-corrected chi connectivity index (χ0v) is 15.8. The van der Waals surface area contributed by atoms with E-state index in [1.165, 1.54) is 22.2 Å². The number of aryl methyl sites for hydroxylation is 3. The van der Waals surface area contributed by atoms with E-state index in [0.717, 1.165) is 24.1 Å². The number of nitrogens with one attached hydrogen (secondary N) is 1. The molecular formula is C19H20N4O2S. The fourth-order valence-corrected chi connectivity index (χ4v) is 4.34. The molecule has 3 aromatic heterocycles. The largest absolute Gasteiger partial charge is 0.343 e. The molecule has 0 saturated heterocycles. The van der Waals surface area contributed by atoms with Crippen LogP contribution in [0.1, 0.15) is 45.4 Å². The highest BCUT2D eigenvalue weighted by Crippen LogP contribution is 2.41. The predicted molar refractivity (Wildman–Crippen MR) is 102 cm³/mol. The van der Waals surface area contributed by atoms with E-state index in [4.69, 9.17) is 0 Å². The molecule has 0 aromatic carbocycles. The van der Waals surface area contributed by atoms with Gasteiger partial charge in [-0.05, 0) is 49.8 Å². The fraction of sp³-hybridized carbons (Fsp3) is 0.368. The second-order valence-electron chi connectivity index (χ2n) is 6.89. The Labute approximate surface area is 154 Å². The van der Waals surface area contributed by atoms with Crippen molar-refractivity contribution in [2.75, 3.05) is 0 Å². The average molecular weight is 368 g/mol. The highest BCUT2D eigenvalue weighted by atomic mass is 32.1. The average Bonchev–Trinajstić information content (AvgIpc) is 3.40.